The van der Waals surface area contributed by atoms with E-state index in [9.17, 15) is 9.90 Å². The van der Waals surface area contributed by atoms with Crippen LogP contribution in [0.4, 0.5) is 0 Å². The zero-order valence-corrected chi connectivity index (χ0v) is 20.3. The van der Waals surface area contributed by atoms with E-state index < -0.39 is 5.41 Å². The Morgan fingerprint density at radius 2 is 1.85 bits per heavy atom. The summed E-state index contributed by atoms with van der Waals surface area (Å²) in [6.07, 6.45) is 7.16. The van der Waals surface area contributed by atoms with Gasteiger partial charge in [0.05, 0.1) is 6.61 Å². The zero-order chi connectivity index (χ0) is 24.3. The number of benzene rings is 3. The smallest absolute Gasteiger partial charge is 0.181 e. The Bertz CT molecular complexity index is 1360. The number of aryl methyl sites for hydroxylation is 2. The van der Waals surface area contributed by atoms with Gasteiger partial charge in [-0.3, -0.25) is 4.79 Å². The van der Waals surface area contributed by atoms with E-state index in [1.165, 1.54) is 23.1 Å². The lowest BCUT2D eigenvalue weighted by atomic mass is 9.81. The molecule has 0 fully saturated rings. The van der Waals surface area contributed by atoms with Crippen LogP contribution >= 0.6 is 0 Å². The Balaban J connectivity index is 1.58. The van der Waals surface area contributed by atoms with Crippen molar-refractivity contribution in [1.29, 1.82) is 0 Å². The second-order valence-corrected chi connectivity index (χ2v) is 9.35. The van der Waals surface area contributed by atoms with Crippen molar-refractivity contribution < 1.29 is 14.3 Å². The third-order valence-corrected chi connectivity index (χ3v) is 6.97. The molecule has 0 aliphatic carbocycles. The minimum atomic E-state index is -0.687. The molecule has 0 spiro atoms. The van der Waals surface area contributed by atoms with Gasteiger partial charge in [-0.2, -0.15) is 0 Å². The van der Waals surface area contributed by atoms with Gasteiger partial charge in [-0.25, -0.2) is 4.98 Å². The number of ketones is 1. The number of carbonyl (C=O) groups excluding carboxylic acids is 1. The van der Waals surface area contributed by atoms with Gasteiger partial charge < -0.3 is 9.52 Å². The van der Waals surface area contributed by atoms with E-state index in [4.69, 9.17) is 4.42 Å². The van der Waals surface area contributed by atoms with Crippen LogP contribution in [-0.2, 0) is 11.2 Å². The first-order valence-corrected chi connectivity index (χ1v) is 11.6. The number of carbonyl (C=O) groups is 1. The van der Waals surface area contributed by atoms with Crippen LogP contribution in [0.25, 0.3) is 34.4 Å². The van der Waals surface area contributed by atoms with Crippen LogP contribution in [0, 0.1) is 19.3 Å². The summed E-state index contributed by atoms with van der Waals surface area (Å²) in [4.78, 5) is 16.1. The van der Waals surface area contributed by atoms with Crippen molar-refractivity contribution in [3.05, 3.63) is 88.8 Å². The lowest BCUT2D eigenvalue weighted by molar-refractivity contribution is -0.128. The predicted octanol–water partition coefficient (Wildman–Crippen LogP) is 6.80. The number of rotatable bonds is 8. The van der Waals surface area contributed by atoms with Crippen LogP contribution in [-0.4, -0.2) is 22.5 Å². The van der Waals surface area contributed by atoms with Crippen molar-refractivity contribution in [2.75, 3.05) is 6.61 Å². The summed E-state index contributed by atoms with van der Waals surface area (Å²) in [5.41, 5.74) is 9.09. The van der Waals surface area contributed by atoms with Crippen molar-refractivity contribution >= 4 is 29.0 Å². The average molecular weight is 454 g/mol. The van der Waals surface area contributed by atoms with Crippen molar-refractivity contribution in [2.24, 2.45) is 5.41 Å². The SMILES string of the molecule is CC(=O)[C@](C)(CO)CCc1ccc(C)c(/C=C/c2cccc(-c3ccc4ncoc4c3)c2C)c1. The van der Waals surface area contributed by atoms with Gasteiger partial charge in [0.1, 0.15) is 11.3 Å². The summed E-state index contributed by atoms with van der Waals surface area (Å²) < 4.78 is 5.48. The van der Waals surface area contributed by atoms with Gasteiger partial charge in [-0.05, 0) is 84.7 Å². The summed E-state index contributed by atoms with van der Waals surface area (Å²) in [5.74, 6) is 0.0278. The molecule has 0 saturated heterocycles. The minimum absolute atomic E-state index is 0.0278. The maximum atomic E-state index is 11.9. The first-order chi connectivity index (χ1) is 16.3. The molecular formula is C30H31NO3. The van der Waals surface area contributed by atoms with Crippen LogP contribution in [0.2, 0.25) is 0 Å². The molecule has 1 atom stereocenters. The monoisotopic (exact) mass is 453 g/mol. The number of hydrogen-bond donors (Lipinski definition) is 1. The van der Waals surface area contributed by atoms with E-state index in [0.717, 1.165) is 39.8 Å². The van der Waals surface area contributed by atoms with E-state index in [1.54, 1.807) is 6.92 Å². The van der Waals surface area contributed by atoms with Gasteiger partial charge in [0.25, 0.3) is 0 Å². The first-order valence-electron chi connectivity index (χ1n) is 11.6. The Labute approximate surface area is 201 Å². The fourth-order valence-electron chi connectivity index (χ4n) is 4.16. The van der Waals surface area contributed by atoms with E-state index in [-0.39, 0.29) is 12.4 Å². The van der Waals surface area contributed by atoms with Crippen molar-refractivity contribution in [3.8, 4) is 11.1 Å². The quantitative estimate of drug-likeness (QED) is 0.298. The van der Waals surface area contributed by atoms with Gasteiger partial charge in [0.15, 0.2) is 12.0 Å². The number of fused-ring (bicyclic) bond motifs is 1. The Morgan fingerprint density at radius 1 is 1.06 bits per heavy atom. The van der Waals surface area contributed by atoms with Crippen LogP contribution in [0.15, 0.2) is 65.4 Å². The second-order valence-electron chi connectivity index (χ2n) is 9.35. The molecule has 0 aliphatic rings. The molecular weight excluding hydrogens is 422 g/mol. The van der Waals surface area contributed by atoms with Crippen molar-refractivity contribution in [2.45, 2.75) is 40.5 Å². The normalized spacial score (nSPS) is 13.4. The molecule has 4 rings (SSSR count). The molecule has 174 valence electrons. The standard InChI is InChI=1S/C30H31NO3/c1-20-8-9-23(14-15-30(4,18-32)22(3)33)16-25(20)11-10-24-6-5-7-27(21(24)2)26-12-13-28-29(17-26)34-19-31-28/h5-13,16-17,19,32H,14-15,18H2,1-4H3/b11-10+/t30-/m0/s1. The Kier molecular flexibility index (Phi) is 6.80. The van der Waals surface area contributed by atoms with E-state index in [1.807, 2.05) is 19.1 Å². The van der Waals surface area contributed by atoms with Crippen LogP contribution in [0.1, 0.15) is 48.1 Å². The molecule has 1 N–H and O–H groups in total. The second kappa shape index (κ2) is 9.78. The molecule has 1 aromatic heterocycles. The highest BCUT2D eigenvalue weighted by Crippen LogP contribution is 2.30. The number of aliphatic hydroxyl groups excluding tert-OH is 1. The average Bonchev–Trinajstić information content (AvgIpc) is 3.31. The topological polar surface area (TPSA) is 63.3 Å². The fraction of sp³-hybridized carbons (Fsp3) is 0.267. The molecule has 0 radical (unpaired) electrons. The third-order valence-electron chi connectivity index (χ3n) is 6.97. The van der Waals surface area contributed by atoms with Crippen molar-refractivity contribution in [3.63, 3.8) is 0 Å². The largest absolute Gasteiger partial charge is 0.443 e. The highest BCUT2D eigenvalue weighted by Gasteiger charge is 2.28. The number of nitrogens with zero attached hydrogens (tertiary/aromatic N) is 1. The minimum Gasteiger partial charge on any atom is -0.443 e. The molecule has 34 heavy (non-hydrogen) atoms. The number of oxazole rings is 1. The van der Waals surface area contributed by atoms with Crippen molar-refractivity contribution in [1.82, 2.24) is 4.98 Å². The number of aliphatic hydroxyl groups is 1. The zero-order valence-electron chi connectivity index (χ0n) is 20.3. The summed E-state index contributed by atoms with van der Waals surface area (Å²) in [6, 6.07) is 18.8. The summed E-state index contributed by atoms with van der Waals surface area (Å²) >= 11 is 0. The van der Waals surface area contributed by atoms with Crippen LogP contribution in [0.5, 0.6) is 0 Å². The third kappa shape index (κ3) is 4.87. The van der Waals surface area contributed by atoms with Crippen LogP contribution < -0.4 is 0 Å². The molecule has 0 amide bonds. The Hall–Kier alpha value is -3.50. The molecule has 4 nitrogen and oxygen atoms in total. The lowest BCUT2D eigenvalue weighted by Gasteiger charge is -2.24. The predicted molar refractivity (Wildman–Crippen MR) is 138 cm³/mol. The number of hydrogen-bond acceptors (Lipinski definition) is 4. The van der Waals surface area contributed by atoms with Gasteiger partial charge in [0.2, 0.25) is 0 Å². The number of aromatic nitrogens is 1. The molecule has 3 aromatic carbocycles. The molecule has 0 aliphatic heterocycles. The van der Waals surface area contributed by atoms with Gasteiger partial charge in [0, 0.05) is 5.41 Å². The molecule has 1 heterocycles. The van der Waals surface area contributed by atoms with Gasteiger partial charge in [-0.1, -0.05) is 61.5 Å². The molecule has 4 heteroatoms. The summed E-state index contributed by atoms with van der Waals surface area (Å²) in [7, 11) is 0. The first kappa shape index (κ1) is 23.7. The van der Waals surface area contributed by atoms with E-state index in [0.29, 0.717) is 6.42 Å². The highest BCUT2D eigenvalue weighted by molar-refractivity contribution is 5.83. The summed E-state index contributed by atoms with van der Waals surface area (Å²) in [5, 5.41) is 9.67. The van der Waals surface area contributed by atoms with Gasteiger partial charge >= 0.3 is 0 Å². The van der Waals surface area contributed by atoms with E-state index in [2.05, 4.69) is 73.4 Å². The Morgan fingerprint density at radius 3 is 2.62 bits per heavy atom. The molecule has 0 unspecified atom stereocenters. The maximum absolute atomic E-state index is 11.9. The molecule has 0 saturated carbocycles. The lowest BCUT2D eigenvalue weighted by Crippen LogP contribution is -2.30. The maximum Gasteiger partial charge on any atom is 0.181 e. The number of Topliss-reactive ketones (excluding diaryl/α,β-unsaturated/α-hetero) is 1. The van der Waals surface area contributed by atoms with Crippen LogP contribution in [0.3, 0.4) is 0 Å². The van der Waals surface area contributed by atoms with E-state index >= 15 is 0 Å². The highest BCUT2D eigenvalue weighted by atomic mass is 16.3. The molecule has 0 bridgehead atoms. The summed E-state index contributed by atoms with van der Waals surface area (Å²) in [6.45, 7) is 7.51. The molecule has 4 aromatic rings. The fourth-order valence-corrected chi connectivity index (χ4v) is 4.16. The van der Waals surface area contributed by atoms with Gasteiger partial charge in [-0.15, -0.1) is 0 Å².